The number of rotatable bonds is 4. The van der Waals surface area contributed by atoms with E-state index in [4.69, 9.17) is 11.6 Å². The van der Waals surface area contributed by atoms with Crippen molar-refractivity contribution in [3.8, 4) is 0 Å². The van der Waals surface area contributed by atoms with Gasteiger partial charge in [-0.2, -0.15) is 5.10 Å². The van der Waals surface area contributed by atoms with Gasteiger partial charge < -0.3 is 10.2 Å². The van der Waals surface area contributed by atoms with Gasteiger partial charge in [-0.3, -0.25) is 9.89 Å². The minimum Gasteiger partial charge on any atom is -0.311 e. The fraction of sp³-hybridized carbons (Fsp3) is 0.333. The number of benzene rings is 1. The lowest BCUT2D eigenvalue weighted by molar-refractivity contribution is -0.118. The quantitative estimate of drug-likeness (QED) is 0.911. The smallest absolute Gasteiger partial charge is 0.244 e. The van der Waals surface area contributed by atoms with E-state index in [0.717, 1.165) is 23.4 Å². The molecule has 2 heterocycles. The first kappa shape index (κ1) is 14.1. The number of aromatic amines is 1. The number of nitrogens with zero attached hydrogens (tertiary/aromatic N) is 2. The highest BCUT2D eigenvalue weighted by molar-refractivity contribution is 6.30. The van der Waals surface area contributed by atoms with Crippen molar-refractivity contribution >= 4 is 23.2 Å². The van der Waals surface area contributed by atoms with E-state index in [-0.39, 0.29) is 11.9 Å². The molecule has 1 atom stereocenters. The Labute approximate surface area is 128 Å². The summed E-state index contributed by atoms with van der Waals surface area (Å²) in [6.07, 6.45) is 2.58. The van der Waals surface area contributed by atoms with E-state index >= 15 is 0 Å². The molecule has 6 heteroatoms. The molecule has 1 amide bonds. The summed E-state index contributed by atoms with van der Waals surface area (Å²) in [4.78, 5) is 14.2. The van der Waals surface area contributed by atoms with Crippen LogP contribution in [0.4, 0.5) is 5.69 Å². The molecule has 1 fully saturated rings. The lowest BCUT2D eigenvalue weighted by Gasteiger charge is -2.17. The Kier molecular flexibility index (Phi) is 3.94. The molecule has 0 saturated carbocycles. The number of aromatic nitrogens is 2. The molecule has 1 aliphatic rings. The van der Waals surface area contributed by atoms with Crippen molar-refractivity contribution < 1.29 is 4.79 Å². The fourth-order valence-electron chi connectivity index (χ4n) is 2.56. The highest BCUT2D eigenvalue weighted by Gasteiger charge is 2.32. The van der Waals surface area contributed by atoms with Crippen molar-refractivity contribution in [2.24, 2.45) is 0 Å². The number of aryl methyl sites for hydroxylation is 1. The van der Waals surface area contributed by atoms with Crippen molar-refractivity contribution in [2.75, 3.05) is 11.4 Å². The Morgan fingerprint density at radius 1 is 1.52 bits per heavy atom. The molecule has 21 heavy (non-hydrogen) atoms. The average Bonchev–Trinajstić information content (AvgIpc) is 3.03. The molecule has 110 valence electrons. The monoisotopic (exact) mass is 304 g/mol. The van der Waals surface area contributed by atoms with Gasteiger partial charge in [-0.25, -0.2) is 0 Å². The summed E-state index contributed by atoms with van der Waals surface area (Å²) in [5.41, 5.74) is 2.97. The summed E-state index contributed by atoms with van der Waals surface area (Å²) in [5, 5.41) is 10.8. The van der Waals surface area contributed by atoms with Gasteiger partial charge in [0, 0.05) is 35.1 Å². The Morgan fingerprint density at radius 2 is 2.38 bits per heavy atom. The van der Waals surface area contributed by atoms with Crippen LogP contribution < -0.4 is 10.2 Å². The Balaban J connectivity index is 1.65. The summed E-state index contributed by atoms with van der Waals surface area (Å²) in [5.74, 6) is 0.0958. The molecule has 3 rings (SSSR count). The number of H-pyrrole nitrogens is 1. The van der Waals surface area contributed by atoms with Crippen molar-refractivity contribution in [1.82, 2.24) is 15.5 Å². The molecule has 0 radical (unpaired) electrons. The maximum Gasteiger partial charge on any atom is 0.244 e. The van der Waals surface area contributed by atoms with Gasteiger partial charge in [0.25, 0.3) is 0 Å². The maximum atomic E-state index is 12.5. The van der Waals surface area contributed by atoms with E-state index in [1.54, 1.807) is 11.1 Å². The number of hydrogen-bond acceptors (Lipinski definition) is 3. The van der Waals surface area contributed by atoms with E-state index in [1.165, 1.54) is 0 Å². The first-order valence-electron chi connectivity index (χ1n) is 6.94. The summed E-state index contributed by atoms with van der Waals surface area (Å²) < 4.78 is 0. The third kappa shape index (κ3) is 2.94. The normalized spacial score (nSPS) is 18.5. The number of anilines is 1. The molecule has 1 aromatic carbocycles. The molecule has 0 aliphatic carbocycles. The van der Waals surface area contributed by atoms with Crippen LogP contribution in [0.3, 0.4) is 0 Å². The van der Waals surface area contributed by atoms with Gasteiger partial charge >= 0.3 is 0 Å². The molecule has 0 spiro atoms. The molecule has 1 aliphatic heterocycles. The molecule has 5 nitrogen and oxygen atoms in total. The second-order valence-corrected chi connectivity index (χ2v) is 5.65. The highest BCUT2D eigenvalue weighted by atomic mass is 35.5. The van der Waals surface area contributed by atoms with Crippen molar-refractivity contribution in [1.29, 1.82) is 0 Å². The van der Waals surface area contributed by atoms with Gasteiger partial charge in [0.1, 0.15) is 0 Å². The minimum atomic E-state index is -0.154. The van der Waals surface area contributed by atoms with Crippen molar-refractivity contribution in [3.05, 3.63) is 46.7 Å². The summed E-state index contributed by atoms with van der Waals surface area (Å²) in [7, 11) is 0. The number of halogens is 1. The molecule has 1 aromatic heterocycles. The Bertz CT molecular complexity index is 655. The Morgan fingerprint density at radius 3 is 3.10 bits per heavy atom. The van der Waals surface area contributed by atoms with Crippen LogP contribution in [0.15, 0.2) is 30.5 Å². The van der Waals surface area contributed by atoms with Gasteiger partial charge in [-0.1, -0.05) is 17.7 Å². The van der Waals surface area contributed by atoms with Gasteiger partial charge in [-0.15, -0.1) is 0 Å². The lowest BCUT2D eigenvalue weighted by Crippen LogP contribution is -2.38. The van der Waals surface area contributed by atoms with Crippen molar-refractivity contribution in [3.63, 3.8) is 0 Å². The molecule has 2 aromatic rings. The van der Waals surface area contributed by atoms with Gasteiger partial charge in [0.2, 0.25) is 5.91 Å². The zero-order valence-corrected chi connectivity index (χ0v) is 12.5. The summed E-state index contributed by atoms with van der Waals surface area (Å²) >= 11 is 5.99. The van der Waals surface area contributed by atoms with Crippen LogP contribution in [-0.4, -0.2) is 28.7 Å². The maximum absolute atomic E-state index is 12.5. The van der Waals surface area contributed by atoms with Gasteiger partial charge in [0.05, 0.1) is 12.2 Å². The zero-order valence-electron chi connectivity index (χ0n) is 11.8. The average molecular weight is 305 g/mol. The first-order valence-corrected chi connectivity index (χ1v) is 7.32. The summed E-state index contributed by atoms with van der Waals surface area (Å²) in [6.45, 7) is 3.32. The van der Waals surface area contributed by atoms with Crippen LogP contribution in [0, 0.1) is 6.92 Å². The second-order valence-electron chi connectivity index (χ2n) is 5.21. The predicted octanol–water partition coefficient (Wildman–Crippen LogP) is 2.27. The topological polar surface area (TPSA) is 61.0 Å². The number of nitrogens with one attached hydrogen (secondary N) is 2. The zero-order chi connectivity index (χ0) is 14.8. The summed E-state index contributed by atoms with van der Waals surface area (Å²) in [6, 6.07) is 7.25. The first-order chi connectivity index (χ1) is 10.1. The van der Waals surface area contributed by atoms with E-state index in [9.17, 15) is 4.79 Å². The third-order valence-electron chi connectivity index (χ3n) is 3.80. The van der Waals surface area contributed by atoms with Crippen LogP contribution in [0.1, 0.15) is 17.7 Å². The van der Waals surface area contributed by atoms with E-state index < -0.39 is 0 Å². The fourth-order valence-corrected chi connectivity index (χ4v) is 2.74. The van der Waals surface area contributed by atoms with Crippen LogP contribution in [0.25, 0.3) is 0 Å². The van der Waals surface area contributed by atoms with Crippen LogP contribution in [-0.2, 0) is 11.3 Å². The van der Waals surface area contributed by atoms with E-state index in [2.05, 4.69) is 15.5 Å². The van der Waals surface area contributed by atoms with E-state index in [0.29, 0.717) is 18.1 Å². The molecule has 2 N–H and O–H groups in total. The molecule has 0 bridgehead atoms. The van der Waals surface area contributed by atoms with Crippen LogP contribution in [0.2, 0.25) is 5.02 Å². The standard InChI is InChI=1S/C15H17ClN4O/c1-10-11(9-18-19-10)8-17-14-5-6-20(15(14)21)13-4-2-3-12(16)7-13/h2-4,7,9,14,17H,5-6,8H2,1H3,(H,18,19)/t14-/m1/s1. The lowest BCUT2D eigenvalue weighted by atomic mass is 10.2. The molecule has 0 unspecified atom stereocenters. The van der Waals surface area contributed by atoms with Crippen molar-refractivity contribution in [2.45, 2.75) is 25.9 Å². The van der Waals surface area contributed by atoms with Gasteiger partial charge in [0.15, 0.2) is 0 Å². The third-order valence-corrected chi connectivity index (χ3v) is 4.03. The number of hydrogen-bond donors (Lipinski definition) is 2. The van der Waals surface area contributed by atoms with Crippen LogP contribution in [0.5, 0.6) is 0 Å². The molecular formula is C15H17ClN4O. The minimum absolute atomic E-state index is 0.0958. The number of carbonyl (C=O) groups excluding carboxylic acids is 1. The predicted molar refractivity (Wildman–Crippen MR) is 82.4 cm³/mol. The van der Waals surface area contributed by atoms with Gasteiger partial charge in [-0.05, 0) is 31.5 Å². The largest absolute Gasteiger partial charge is 0.311 e. The SMILES string of the molecule is Cc1[nH]ncc1CN[C@@H]1CCN(c2cccc(Cl)c2)C1=O. The second kappa shape index (κ2) is 5.87. The highest BCUT2D eigenvalue weighted by Crippen LogP contribution is 2.24. The molecular weight excluding hydrogens is 288 g/mol. The van der Waals surface area contributed by atoms with Crippen LogP contribution >= 0.6 is 11.6 Å². The Hall–Kier alpha value is -1.85. The molecule has 1 saturated heterocycles. The number of carbonyl (C=O) groups is 1. The van der Waals surface area contributed by atoms with E-state index in [1.807, 2.05) is 31.2 Å². The number of amides is 1.